The number of halogens is 1. The molecule has 124 valence electrons. The van der Waals surface area contributed by atoms with Crippen LogP contribution in [0.4, 0.5) is 11.4 Å². The molecule has 1 amide bonds. The summed E-state index contributed by atoms with van der Waals surface area (Å²) >= 11 is 6.01. The quantitative estimate of drug-likeness (QED) is 0.670. The molecule has 2 atom stereocenters. The van der Waals surface area contributed by atoms with E-state index in [1.54, 1.807) is 0 Å². The number of non-ortho nitro benzene ring substituents is 1. The van der Waals surface area contributed by atoms with Crippen molar-refractivity contribution in [2.45, 2.75) is 24.9 Å². The Morgan fingerprint density at radius 1 is 1.39 bits per heavy atom. The minimum atomic E-state index is -0.514. The number of nitrogens with one attached hydrogen (secondary N) is 1. The predicted molar refractivity (Wildman–Crippen MR) is 87.7 cm³/mol. The van der Waals surface area contributed by atoms with Crippen LogP contribution in [0.1, 0.15) is 12.8 Å². The van der Waals surface area contributed by atoms with Crippen molar-refractivity contribution in [3.05, 3.63) is 33.3 Å². The Balaban J connectivity index is 1.63. The van der Waals surface area contributed by atoms with E-state index in [-0.39, 0.29) is 16.6 Å². The van der Waals surface area contributed by atoms with Crippen molar-refractivity contribution in [1.29, 1.82) is 0 Å². The summed E-state index contributed by atoms with van der Waals surface area (Å²) in [6.45, 7) is 2.31. The van der Waals surface area contributed by atoms with Gasteiger partial charge in [-0.1, -0.05) is 11.6 Å². The van der Waals surface area contributed by atoms with E-state index in [1.807, 2.05) is 0 Å². The van der Waals surface area contributed by atoms with Crippen LogP contribution in [0.15, 0.2) is 18.2 Å². The SMILES string of the molecule is CN1CC2CCC(C1)N2CC(=O)Nc1ccc([N+](=O)[O-])cc1Cl. The maximum Gasteiger partial charge on any atom is 0.271 e. The van der Waals surface area contributed by atoms with Gasteiger partial charge in [0.15, 0.2) is 0 Å². The Kier molecular flexibility index (Phi) is 4.52. The summed E-state index contributed by atoms with van der Waals surface area (Å²) in [5.74, 6) is -0.137. The molecule has 2 aliphatic rings. The molecule has 2 heterocycles. The number of hydrogen-bond acceptors (Lipinski definition) is 5. The maximum atomic E-state index is 12.3. The second-order valence-electron chi connectivity index (χ2n) is 6.25. The standard InChI is InChI=1S/C15H19ClN4O3/c1-18-7-11-2-3-12(8-18)19(11)9-15(21)17-14-5-4-10(20(22)23)6-13(14)16/h4-6,11-12H,2-3,7-9H2,1H3,(H,17,21). The summed E-state index contributed by atoms with van der Waals surface area (Å²) in [5, 5.41) is 13.6. The molecule has 2 aliphatic heterocycles. The molecule has 1 N–H and O–H groups in total. The molecule has 2 bridgehead atoms. The highest BCUT2D eigenvalue weighted by molar-refractivity contribution is 6.34. The third kappa shape index (κ3) is 3.46. The van der Waals surface area contributed by atoms with E-state index >= 15 is 0 Å². The normalized spacial score (nSPS) is 24.6. The highest BCUT2D eigenvalue weighted by atomic mass is 35.5. The number of amides is 1. The second-order valence-corrected chi connectivity index (χ2v) is 6.66. The third-order valence-electron chi connectivity index (χ3n) is 4.58. The number of carbonyl (C=O) groups is 1. The van der Waals surface area contributed by atoms with Crippen LogP contribution >= 0.6 is 11.6 Å². The average molecular weight is 339 g/mol. The van der Waals surface area contributed by atoms with Crippen molar-refractivity contribution in [2.24, 2.45) is 0 Å². The Morgan fingerprint density at radius 2 is 2.04 bits per heavy atom. The number of likely N-dealkylation sites (N-methyl/N-ethyl adjacent to an activating group) is 1. The fourth-order valence-corrected chi connectivity index (χ4v) is 3.76. The number of nitro benzene ring substituents is 1. The monoisotopic (exact) mass is 338 g/mol. The summed E-state index contributed by atoms with van der Waals surface area (Å²) in [5.41, 5.74) is 0.314. The van der Waals surface area contributed by atoms with Crippen molar-refractivity contribution in [3.8, 4) is 0 Å². The first-order valence-corrected chi connectivity index (χ1v) is 8.00. The largest absolute Gasteiger partial charge is 0.324 e. The van der Waals surface area contributed by atoms with Crippen molar-refractivity contribution >= 4 is 28.9 Å². The zero-order valence-corrected chi connectivity index (χ0v) is 13.6. The van der Waals surface area contributed by atoms with Crippen molar-refractivity contribution < 1.29 is 9.72 Å². The van der Waals surface area contributed by atoms with E-state index in [0.717, 1.165) is 25.9 Å². The molecule has 8 heteroatoms. The molecule has 1 aromatic carbocycles. The average Bonchev–Trinajstić information content (AvgIpc) is 2.72. The van der Waals surface area contributed by atoms with Crippen LogP contribution in [0.3, 0.4) is 0 Å². The molecular weight excluding hydrogens is 320 g/mol. The number of nitrogens with zero attached hydrogens (tertiary/aromatic N) is 3. The molecule has 23 heavy (non-hydrogen) atoms. The first-order chi connectivity index (χ1) is 10.9. The van der Waals surface area contributed by atoms with E-state index in [4.69, 9.17) is 11.6 Å². The molecule has 0 aliphatic carbocycles. The van der Waals surface area contributed by atoms with Crippen LogP contribution in [0, 0.1) is 10.1 Å². The van der Waals surface area contributed by atoms with E-state index in [9.17, 15) is 14.9 Å². The zero-order chi connectivity index (χ0) is 16.6. The minimum Gasteiger partial charge on any atom is -0.324 e. The highest BCUT2D eigenvalue weighted by Crippen LogP contribution is 2.30. The Bertz CT molecular complexity index is 625. The van der Waals surface area contributed by atoms with Gasteiger partial charge in [0.05, 0.1) is 22.2 Å². The van der Waals surface area contributed by atoms with Gasteiger partial charge in [-0.3, -0.25) is 19.8 Å². The summed E-state index contributed by atoms with van der Waals surface area (Å²) in [6, 6.07) is 4.91. The van der Waals surface area contributed by atoms with Gasteiger partial charge in [0.2, 0.25) is 5.91 Å². The maximum absolute atomic E-state index is 12.3. The fourth-order valence-electron chi connectivity index (χ4n) is 3.53. The smallest absolute Gasteiger partial charge is 0.271 e. The molecule has 0 radical (unpaired) electrons. The van der Waals surface area contributed by atoms with Gasteiger partial charge >= 0.3 is 0 Å². The van der Waals surface area contributed by atoms with Crippen LogP contribution in [-0.4, -0.2) is 59.4 Å². The van der Waals surface area contributed by atoms with Crippen molar-refractivity contribution in [1.82, 2.24) is 9.80 Å². The molecule has 2 fully saturated rings. The van der Waals surface area contributed by atoms with Crippen LogP contribution in [0.2, 0.25) is 5.02 Å². The lowest BCUT2D eigenvalue weighted by Gasteiger charge is -2.38. The van der Waals surface area contributed by atoms with Crippen LogP contribution in [0.5, 0.6) is 0 Å². The zero-order valence-electron chi connectivity index (χ0n) is 12.9. The van der Waals surface area contributed by atoms with Crippen LogP contribution in [-0.2, 0) is 4.79 Å². The molecule has 7 nitrogen and oxygen atoms in total. The number of rotatable bonds is 4. The molecular formula is C15H19ClN4O3. The van der Waals surface area contributed by atoms with Gasteiger partial charge in [-0.25, -0.2) is 0 Å². The van der Waals surface area contributed by atoms with E-state index < -0.39 is 4.92 Å². The molecule has 1 aromatic rings. The summed E-state index contributed by atoms with van der Waals surface area (Å²) in [6.07, 6.45) is 2.25. The number of nitro groups is 1. The Labute approximate surface area is 139 Å². The van der Waals surface area contributed by atoms with Gasteiger partial charge in [0.25, 0.3) is 5.69 Å². The molecule has 0 aromatic heterocycles. The number of benzene rings is 1. The number of hydrogen-bond donors (Lipinski definition) is 1. The first-order valence-electron chi connectivity index (χ1n) is 7.62. The Morgan fingerprint density at radius 3 is 2.61 bits per heavy atom. The lowest BCUT2D eigenvalue weighted by molar-refractivity contribution is -0.384. The second kappa shape index (κ2) is 6.43. The van der Waals surface area contributed by atoms with Crippen LogP contribution < -0.4 is 5.32 Å². The fraction of sp³-hybridized carbons (Fsp3) is 0.533. The van der Waals surface area contributed by atoms with Crippen molar-refractivity contribution in [2.75, 3.05) is 32.0 Å². The first kappa shape index (κ1) is 16.2. The highest BCUT2D eigenvalue weighted by Gasteiger charge is 2.39. The molecule has 3 rings (SSSR count). The van der Waals surface area contributed by atoms with Gasteiger partial charge in [-0.15, -0.1) is 0 Å². The number of fused-ring (bicyclic) bond motifs is 2. The van der Waals surface area contributed by atoms with Gasteiger partial charge in [0.1, 0.15) is 0 Å². The molecule has 2 unspecified atom stereocenters. The Hall–Kier alpha value is -1.70. The van der Waals surface area contributed by atoms with Gasteiger partial charge in [-0.2, -0.15) is 0 Å². The number of likely N-dealkylation sites (tertiary alicyclic amines) is 1. The van der Waals surface area contributed by atoms with Gasteiger partial charge < -0.3 is 10.2 Å². The summed E-state index contributed by atoms with van der Waals surface area (Å²) < 4.78 is 0. The molecule has 0 spiro atoms. The number of piperazine rings is 1. The molecule has 0 saturated carbocycles. The third-order valence-corrected chi connectivity index (χ3v) is 4.89. The van der Waals surface area contributed by atoms with Crippen molar-refractivity contribution in [3.63, 3.8) is 0 Å². The topological polar surface area (TPSA) is 78.7 Å². The summed E-state index contributed by atoms with van der Waals surface area (Å²) in [7, 11) is 2.11. The van der Waals surface area contributed by atoms with E-state index in [0.29, 0.717) is 24.3 Å². The predicted octanol–water partition coefficient (Wildman–Crippen LogP) is 1.97. The molecule has 2 saturated heterocycles. The lowest BCUT2D eigenvalue weighted by atomic mass is 10.2. The minimum absolute atomic E-state index is 0.0925. The summed E-state index contributed by atoms with van der Waals surface area (Å²) in [4.78, 5) is 27.1. The van der Waals surface area contributed by atoms with Gasteiger partial charge in [0, 0.05) is 37.3 Å². The lowest BCUT2D eigenvalue weighted by Crippen LogP contribution is -2.54. The number of anilines is 1. The number of carbonyl (C=O) groups excluding carboxylic acids is 1. The van der Waals surface area contributed by atoms with Crippen LogP contribution in [0.25, 0.3) is 0 Å². The van der Waals surface area contributed by atoms with E-state index in [1.165, 1.54) is 18.2 Å². The van der Waals surface area contributed by atoms with E-state index in [2.05, 4.69) is 22.2 Å². The van der Waals surface area contributed by atoms with Gasteiger partial charge in [-0.05, 0) is 26.0 Å².